The number of hydrogen-bond acceptors (Lipinski definition) is 3. The average molecular weight is 290 g/mol. The zero-order chi connectivity index (χ0) is 14.1. The van der Waals surface area contributed by atoms with Crippen molar-refractivity contribution in [3.05, 3.63) is 29.3 Å². The van der Waals surface area contributed by atoms with E-state index in [0.29, 0.717) is 5.92 Å². The molecule has 20 heavy (non-hydrogen) atoms. The van der Waals surface area contributed by atoms with Crippen LogP contribution in [-0.2, 0) is 11.2 Å². The molecule has 2 aliphatic rings. The lowest BCUT2D eigenvalue weighted by molar-refractivity contribution is -0.136. The SMILES string of the molecule is O=C(O)Cc1ccc2c(c1)SC[C@H]1CCCC[C@H]1C2=O. The van der Waals surface area contributed by atoms with Crippen molar-refractivity contribution in [2.24, 2.45) is 11.8 Å². The fourth-order valence-electron chi connectivity index (χ4n) is 3.32. The van der Waals surface area contributed by atoms with Crippen molar-refractivity contribution < 1.29 is 14.7 Å². The number of fused-ring (bicyclic) bond motifs is 2. The molecule has 106 valence electrons. The maximum absolute atomic E-state index is 12.7. The van der Waals surface area contributed by atoms with Crippen LogP contribution in [0.25, 0.3) is 0 Å². The van der Waals surface area contributed by atoms with Gasteiger partial charge < -0.3 is 5.11 Å². The molecule has 0 spiro atoms. The highest BCUT2D eigenvalue weighted by molar-refractivity contribution is 7.99. The fourth-order valence-corrected chi connectivity index (χ4v) is 4.67. The van der Waals surface area contributed by atoms with Gasteiger partial charge in [0.25, 0.3) is 0 Å². The van der Waals surface area contributed by atoms with E-state index in [1.54, 1.807) is 17.8 Å². The Balaban J connectivity index is 1.92. The highest BCUT2D eigenvalue weighted by atomic mass is 32.2. The number of thioether (sulfide) groups is 1. The number of carboxylic acids is 1. The summed E-state index contributed by atoms with van der Waals surface area (Å²) in [5, 5.41) is 8.87. The Morgan fingerprint density at radius 3 is 2.90 bits per heavy atom. The third kappa shape index (κ3) is 2.62. The van der Waals surface area contributed by atoms with E-state index < -0.39 is 5.97 Å². The van der Waals surface area contributed by atoms with Crippen molar-refractivity contribution in [1.82, 2.24) is 0 Å². The van der Waals surface area contributed by atoms with Crippen LogP contribution in [0.3, 0.4) is 0 Å². The van der Waals surface area contributed by atoms with Gasteiger partial charge in [0.2, 0.25) is 0 Å². The molecular weight excluding hydrogens is 272 g/mol. The standard InChI is InChI=1S/C16H18O3S/c17-15(18)8-10-5-6-13-14(7-10)20-9-11-3-1-2-4-12(11)16(13)19/h5-7,11-12H,1-4,8-9H2,(H,17,18)/t11-,12-/m1/s1. The summed E-state index contributed by atoms with van der Waals surface area (Å²) in [7, 11) is 0. The summed E-state index contributed by atoms with van der Waals surface area (Å²) in [6, 6.07) is 5.51. The number of carboxylic acid groups (broad SMARTS) is 1. The van der Waals surface area contributed by atoms with Crippen LogP contribution >= 0.6 is 11.8 Å². The first kappa shape index (κ1) is 13.7. The second-order valence-corrected chi connectivity index (χ2v) is 6.79. The molecule has 1 aliphatic carbocycles. The summed E-state index contributed by atoms with van der Waals surface area (Å²) < 4.78 is 0. The highest BCUT2D eigenvalue weighted by Crippen LogP contribution is 2.41. The van der Waals surface area contributed by atoms with Gasteiger partial charge >= 0.3 is 5.97 Å². The molecule has 1 saturated carbocycles. The third-order valence-electron chi connectivity index (χ3n) is 4.37. The molecule has 1 fully saturated rings. The Bertz CT molecular complexity index is 553. The Morgan fingerprint density at radius 1 is 1.30 bits per heavy atom. The van der Waals surface area contributed by atoms with Crippen LogP contribution < -0.4 is 0 Å². The van der Waals surface area contributed by atoms with Gasteiger partial charge in [-0.25, -0.2) is 0 Å². The van der Waals surface area contributed by atoms with E-state index in [2.05, 4.69) is 0 Å². The van der Waals surface area contributed by atoms with Crippen LogP contribution in [0.15, 0.2) is 23.1 Å². The zero-order valence-corrected chi connectivity index (χ0v) is 12.1. The molecule has 3 nitrogen and oxygen atoms in total. The molecule has 1 N–H and O–H groups in total. The molecule has 0 radical (unpaired) electrons. The predicted octanol–water partition coefficient (Wildman–Crippen LogP) is 3.41. The maximum atomic E-state index is 12.7. The van der Waals surface area contributed by atoms with E-state index in [4.69, 9.17) is 5.11 Å². The average Bonchev–Trinajstić information content (AvgIpc) is 2.57. The van der Waals surface area contributed by atoms with E-state index in [1.807, 2.05) is 12.1 Å². The van der Waals surface area contributed by atoms with Gasteiger partial charge in [0.1, 0.15) is 0 Å². The number of Topliss-reactive ketones (excluding diaryl/α,β-unsaturated/α-hetero) is 1. The molecule has 0 amide bonds. The quantitative estimate of drug-likeness (QED) is 0.907. The van der Waals surface area contributed by atoms with E-state index in [0.717, 1.165) is 41.0 Å². The van der Waals surface area contributed by atoms with Crippen LogP contribution in [0.5, 0.6) is 0 Å². The maximum Gasteiger partial charge on any atom is 0.307 e. The third-order valence-corrected chi connectivity index (χ3v) is 5.61. The number of aliphatic carboxylic acids is 1. The van der Waals surface area contributed by atoms with E-state index in [1.165, 1.54) is 6.42 Å². The second-order valence-electron chi connectivity index (χ2n) is 5.73. The molecule has 4 heteroatoms. The topological polar surface area (TPSA) is 54.4 Å². The van der Waals surface area contributed by atoms with Gasteiger partial charge in [-0.1, -0.05) is 18.9 Å². The second kappa shape index (κ2) is 5.60. The molecule has 2 atom stereocenters. The number of carbonyl (C=O) groups is 2. The predicted molar refractivity (Wildman–Crippen MR) is 78.3 cm³/mol. The largest absolute Gasteiger partial charge is 0.481 e. The fraction of sp³-hybridized carbons (Fsp3) is 0.500. The normalized spacial score (nSPS) is 25.5. The number of benzene rings is 1. The van der Waals surface area contributed by atoms with Gasteiger partial charge in [0.05, 0.1) is 6.42 Å². The van der Waals surface area contributed by atoms with E-state index in [-0.39, 0.29) is 18.1 Å². The van der Waals surface area contributed by atoms with Gasteiger partial charge in [0.15, 0.2) is 5.78 Å². The first-order chi connectivity index (χ1) is 9.65. The van der Waals surface area contributed by atoms with Crippen molar-refractivity contribution in [1.29, 1.82) is 0 Å². The lowest BCUT2D eigenvalue weighted by Crippen LogP contribution is -2.27. The number of rotatable bonds is 2. The van der Waals surface area contributed by atoms with Crippen LogP contribution in [0.1, 0.15) is 41.6 Å². The lowest BCUT2D eigenvalue weighted by atomic mass is 9.76. The molecule has 1 aromatic carbocycles. The Kier molecular flexibility index (Phi) is 3.83. The highest BCUT2D eigenvalue weighted by Gasteiger charge is 2.35. The van der Waals surface area contributed by atoms with Crippen molar-refractivity contribution in [3.63, 3.8) is 0 Å². The minimum Gasteiger partial charge on any atom is -0.481 e. The van der Waals surface area contributed by atoms with E-state index >= 15 is 0 Å². The Labute approximate surface area is 122 Å². The smallest absolute Gasteiger partial charge is 0.307 e. The molecule has 0 bridgehead atoms. The van der Waals surface area contributed by atoms with Gasteiger partial charge in [-0.05, 0) is 36.5 Å². The first-order valence-electron chi connectivity index (χ1n) is 7.17. The van der Waals surface area contributed by atoms with Crippen molar-refractivity contribution in [2.45, 2.75) is 37.0 Å². The van der Waals surface area contributed by atoms with E-state index in [9.17, 15) is 9.59 Å². The lowest BCUT2D eigenvalue weighted by Gasteiger charge is -2.28. The molecular formula is C16H18O3S. The van der Waals surface area contributed by atoms with Gasteiger partial charge in [-0.2, -0.15) is 0 Å². The van der Waals surface area contributed by atoms with Gasteiger partial charge in [0, 0.05) is 22.1 Å². The van der Waals surface area contributed by atoms with Crippen LogP contribution in [0.4, 0.5) is 0 Å². The Morgan fingerprint density at radius 2 is 2.10 bits per heavy atom. The van der Waals surface area contributed by atoms with Crippen molar-refractivity contribution in [2.75, 3.05) is 5.75 Å². The minimum atomic E-state index is -0.830. The molecule has 0 saturated heterocycles. The monoisotopic (exact) mass is 290 g/mol. The zero-order valence-electron chi connectivity index (χ0n) is 11.3. The molecule has 0 unspecified atom stereocenters. The minimum absolute atomic E-state index is 0.0227. The molecule has 1 aliphatic heterocycles. The number of ketones is 1. The molecule has 1 aromatic rings. The summed E-state index contributed by atoms with van der Waals surface area (Å²) in [6.07, 6.45) is 4.58. The summed E-state index contributed by atoms with van der Waals surface area (Å²) in [5.74, 6) is 1.11. The van der Waals surface area contributed by atoms with Crippen LogP contribution in [0.2, 0.25) is 0 Å². The summed E-state index contributed by atoms with van der Waals surface area (Å²) in [6.45, 7) is 0. The Hall–Kier alpha value is -1.29. The summed E-state index contributed by atoms with van der Waals surface area (Å²) >= 11 is 1.73. The van der Waals surface area contributed by atoms with Gasteiger partial charge in [-0.15, -0.1) is 11.8 Å². The number of hydrogen-bond donors (Lipinski definition) is 1. The first-order valence-corrected chi connectivity index (χ1v) is 8.15. The molecule has 1 heterocycles. The summed E-state index contributed by atoms with van der Waals surface area (Å²) in [5.41, 5.74) is 1.58. The summed E-state index contributed by atoms with van der Waals surface area (Å²) in [4.78, 5) is 24.5. The van der Waals surface area contributed by atoms with Gasteiger partial charge in [-0.3, -0.25) is 9.59 Å². The number of carbonyl (C=O) groups excluding carboxylic acids is 1. The molecule has 0 aromatic heterocycles. The van der Waals surface area contributed by atoms with Crippen molar-refractivity contribution >= 4 is 23.5 Å². The van der Waals surface area contributed by atoms with Crippen LogP contribution in [-0.4, -0.2) is 22.6 Å². The van der Waals surface area contributed by atoms with Crippen molar-refractivity contribution in [3.8, 4) is 0 Å². The molecule has 3 rings (SSSR count). The van der Waals surface area contributed by atoms with Crippen LogP contribution in [0, 0.1) is 11.8 Å².